The quantitative estimate of drug-likeness (QED) is 0.756. The lowest BCUT2D eigenvalue weighted by atomic mass is 10.2. The third-order valence-electron chi connectivity index (χ3n) is 1.80. The van der Waals surface area contributed by atoms with Gasteiger partial charge < -0.3 is 9.52 Å². The van der Waals surface area contributed by atoms with Gasteiger partial charge in [-0.2, -0.15) is 0 Å². The summed E-state index contributed by atoms with van der Waals surface area (Å²) < 4.78 is 18.4. The number of phenolic OH excluding ortho intramolecular Hbond substituents is 1. The van der Waals surface area contributed by atoms with Crippen LogP contribution in [0.1, 0.15) is 5.76 Å². The minimum Gasteiger partial charge on any atom is -0.508 e. The molecular weight excluding hydrogens is 185 g/mol. The summed E-state index contributed by atoms with van der Waals surface area (Å²) in [6, 6.07) is 3.72. The molecule has 0 aliphatic carbocycles. The number of aromatic nitrogens is 1. The fourth-order valence-electron chi connectivity index (χ4n) is 1.16. The van der Waals surface area contributed by atoms with Crippen molar-refractivity contribution in [3.63, 3.8) is 0 Å². The largest absolute Gasteiger partial charge is 0.508 e. The van der Waals surface area contributed by atoms with Crippen molar-refractivity contribution in [3.8, 4) is 17.2 Å². The van der Waals surface area contributed by atoms with Gasteiger partial charge in [-0.3, -0.25) is 0 Å². The predicted octanol–water partition coefficient (Wildman–Crippen LogP) is 2.49. The number of aryl methyl sites for hydroxylation is 1. The smallest absolute Gasteiger partial charge is 0.229 e. The number of aromatic hydroxyl groups is 1. The van der Waals surface area contributed by atoms with E-state index in [1.54, 1.807) is 6.92 Å². The van der Waals surface area contributed by atoms with Gasteiger partial charge in [-0.25, -0.2) is 9.37 Å². The van der Waals surface area contributed by atoms with Crippen molar-refractivity contribution < 1.29 is 13.9 Å². The van der Waals surface area contributed by atoms with Crippen LogP contribution < -0.4 is 0 Å². The minimum absolute atomic E-state index is 0.0164. The fourth-order valence-corrected chi connectivity index (χ4v) is 1.16. The molecule has 0 aliphatic rings. The molecule has 1 N–H and O–H groups in total. The topological polar surface area (TPSA) is 46.3 Å². The molecule has 2 aromatic rings. The molecule has 1 heterocycles. The third-order valence-corrected chi connectivity index (χ3v) is 1.80. The Morgan fingerprint density at radius 2 is 2.21 bits per heavy atom. The zero-order valence-electron chi connectivity index (χ0n) is 7.49. The van der Waals surface area contributed by atoms with Crippen LogP contribution in [0.3, 0.4) is 0 Å². The van der Waals surface area contributed by atoms with Crippen molar-refractivity contribution >= 4 is 0 Å². The molecule has 1 aromatic carbocycles. The van der Waals surface area contributed by atoms with Gasteiger partial charge in [0, 0.05) is 0 Å². The molecule has 3 nitrogen and oxygen atoms in total. The average molecular weight is 193 g/mol. The van der Waals surface area contributed by atoms with E-state index in [1.807, 2.05) is 0 Å². The van der Waals surface area contributed by atoms with E-state index >= 15 is 0 Å². The van der Waals surface area contributed by atoms with E-state index in [-0.39, 0.29) is 17.2 Å². The number of phenols is 1. The van der Waals surface area contributed by atoms with Gasteiger partial charge in [0.2, 0.25) is 5.89 Å². The fraction of sp³-hybridized carbons (Fsp3) is 0.100. The Bertz CT molecular complexity index is 465. The maximum absolute atomic E-state index is 13.3. The molecule has 0 saturated carbocycles. The van der Waals surface area contributed by atoms with Crippen LogP contribution in [0.4, 0.5) is 4.39 Å². The van der Waals surface area contributed by atoms with Gasteiger partial charge in [0.1, 0.15) is 17.3 Å². The standard InChI is InChI=1S/C10H8FNO2/c1-6-5-12-10(14-6)8-4-7(13)2-3-9(8)11/h2-5,13H,1H3. The van der Waals surface area contributed by atoms with Crippen molar-refractivity contribution in [2.24, 2.45) is 0 Å². The molecule has 4 heteroatoms. The summed E-state index contributed by atoms with van der Waals surface area (Å²) in [6.45, 7) is 1.72. The first-order valence-electron chi connectivity index (χ1n) is 4.08. The van der Waals surface area contributed by atoms with E-state index in [2.05, 4.69) is 4.98 Å². The second-order valence-electron chi connectivity index (χ2n) is 2.94. The van der Waals surface area contributed by atoms with Crippen LogP contribution in [0.25, 0.3) is 11.5 Å². The maximum atomic E-state index is 13.3. The highest BCUT2D eigenvalue weighted by Crippen LogP contribution is 2.25. The lowest BCUT2D eigenvalue weighted by Gasteiger charge is -1.98. The van der Waals surface area contributed by atoms with Gasteiger partial charge in [0.25, 0.3) is 0 Å². The van der Waals surface area contributed by atoms with Gasteiger partial charge in [-0.15, -0.1) is 0 Å². The molecule has 0 aliphatic heterocycles. The van der Waals surface area contributed by atoms with Crippen LogP contribution in [-0.2, 0) is 0 Å². The van der Waals surface area contributed by atoms with Gasteiger partial charge in [-0.05, 0) is 25.1 Å². The monoisotopic (exact) mass is 193 g/mol. The third kappa shape index (κ3) is 1.46. The van der Waals surface area contributed by atoms with E-state index in [4.69, 9.17) is 9.52 Å². The van der Waals surface area contributed by atoms with Crippen molar-refractivity contribution in [1.82, 2.24) is 4.98 Å². The van der Waals surface area contributed by atoms with E-state index < -0.39 is 5.82 Å². The first kappa shape index (κ1) is 8.74. The number of rotatable bonds is 1. The molecule has 0 fully saturated rings. The Morgan fingerprint density at radius 1 is 1.43 bits per heavy atom. The summed E-state index contributed by atoms with van der Waals surface area (Å²) in [7, 11) is 0. The Kier molecular flexibility index (Phi) is 1.96. The van der Waals surface area contributed by atoms with E-state index in [0.29, 0.717) is 5.76 Å². The highest BCUT2D eigenvalue weighted by Gasteiger charge is 2.10. The number of hydrogen-bond donors (Lipinski definition) is 1. The second-order valence-corrected chi connectivity index (χ2v) is 2.94. The molecule has 0 radical (unpaired) electrons. The Morgan fingerprint density at radius 3 is 2.86 bits per heavy atom. The van der Waals surface area contributed by atoms with Crippen molar-refractivity contribution in [1.29, 1.82) is 0 Å². The molecule has 0 bridgehead atoms. The summed E-state index contributed by atoms with van der Waals surface area (Å²) >= 11 is 0. The molecule has 1 aromatic heterocycles. The number of halogens is 1. The van der Waals surface area contributed by atoms with Gasteiger partial charge >= 0.3 is 0 Å². The highest BCUT2D eigenvalue weighted by atomic mass is 19.1. The van der Waals surface area contributed by atoms with Gasteiger partial charge in [0.15, 0.2) is 0 Å². The van der Waals surface area contributed by atoms with Crippen LogP contribution >= 0.6 is 0 Å². The first-order valence-corrected chi connectivity index (χ1v) is 4.08. The number of nitrogens with zero attached hydrogens (tertiary/aromatic N) is 1. The van der Waals surface area contributed by atoms with Crippen LogP contribution in [0.2, 0.25) is 0 Å². The van der Waals surface area contributed by atoms with E-state index in [0.717, 1.165) is 0 Å². The molecule has 72 valence electrons. The minimum atomic E-state index is -0.468. The first-order chi connectivity index (χ1) is 6.66. The Labute approximate surface area is 79.8 Å². The Balaban J connectivity index is 2.55. The van der Waals surface area contributed by atoms with Gasteiger partial charge in [0.05, 0.1) is 11.8 Å². The second kappa shape index (κ2) is 3.14. The normalized spacial score (nSPS) is 10.4. The van der Waals surface area contributed by atoms with Crippen LogP contribution in [0, 0.1) is 12.7 Å². The lowest BCUT2D eigenvalue weighted by Crippen LogP contribution is -1.83. The number of benzene rings is 1. The van der Waals surface area contributed by atoms with Crippen molar-refractivity contribution in [3.05, 3.63) is 36.0 Å². The predicted molar refractivity (Wildman–Crippen MR) is 48.3 cm³/mol. The molecule has 0 spiro atoms. The SMILES string of the molecule is Cc1cnc(-c2cc(O)ccc2F)o1. The molecular formula is C10H8FNO2. The van der Waals surface area contributed by atoms with Crippen LogP contribution in [0.15, 0.2) is 28.8 Å². The van der Waals surface area contributed by atoms with Crippen LogP contribution in [-0.4, -0.2) is 10.1 Å². The summed E-state index contributed by atoms with van der Waals surface area (Å²) in [4.78, 5) is 3.87. The summed E-state index contributed by atoms with van der Waals surface area (Å²) in [5, 5.41) is 9.17. The summed E-state index contributed by atoms with van der Waals surface area (Å²) in [5.74, 6) is 0.292. The molecule has 0 amide bonds. The number of oxazole rings is 1. The van der Waals surface area contributed by atoms with Gasteiger partial charge in [-0.1, -0.05) is 0 Å². The molecule has 0 unspecified atom stereocenters. The molecule has 2 rings (SSSR count). The lowest BCUT2D eigenvalue weighted by molar-refractivity contribution is 0.472. The van der Waals surface area contributed by atoms with E-state index in [9.17, 15) is 4.39 Å². The van der Waals surface area contributed by atoms with Crippen molar-refractivity contribution in [2.45, 2.75) is 6.92 Å². The molecule has 14 heavy (non-hydrogen) atoms. The highest BCUT2D eigenvalue weighted by molar-refractivity contribution is 5.56. The van der Waals surface area contributed by atoms with Crippen molar-refractivity contribution in [2.75, 3.05) is 0 Å². The molecule has 0 atom stereocenters. The summed E-state index contributed by atoms with van der Waals surface area (Å²) in [6.07, 6.45) is 1.50. The average Bonchev–Trinajstić information content (AvgIpc) is 2.56. The molecule has 0 saturated heterocycles. The Hall–Kier alpha value is -1.84. The summed E-state index contributed by atoms with van der Waals surface area (Å²) in [5.41, 5.74) is 0.165. The zero-order valence-corrected chi connectivity index (χ0v) is 7.49. The van der Waals surface area contributed by atoms with E-state index in [1.165, 1.54) is 24.4 Å². The zero-order chi connectivity index (χ0) is 10.1. The maximum Gasteiger partial charge on any atom is 0.229 e. The van der Waals surface area contributed by atoms with Crippen LogP contribution in [0.5, 0.6) is 5.75 Å². The number of hydrogen-bond acceptors (Lipinski definition) is 3.